The highest BCUT2D eigenvalue weighted by molar-refractivity contribution is 6.04. The second kappa shape index (κ2) is 8.36. The molecule has 0 radical (unpaired) electrons. The molecule has 176 valence electrons. The number of carbonyl (C=O) groups excluding carboxylic acids is 2. The van der Waals surface area contributed by atoms with Crippen LogP contribution in [0.5, 0.6) is 0 Å². The second-order valence-corrected chi connectivity index (χ2v) is 8.20. The van der Waals surface area contributed by atoms with Crippen molar-refractivity contribution in [1.82, 2.24) is 4.90 Å². The van der Waals surface area contributed by atoms with Gasteiger partial charge in [-0.2, -0.15) is 8.78 Å². The van der Waals surface area contributed by atoms with Crippen molar-refractivity contribution in [3.63, 3.8) is 0 Å². The minimum atomic E-state index is -4.31. The fourth-order valence-corrected chi connectivity index (χ4v) is 4.50. The van der Waals surface area contributed by atoms with E-state index in [9.17, 15) is 32.3 Å². The van der Waals surface area contributed by atoms with Crippen molar-refractivity contribution in [3.8, 4) is 0 Å². The molecule has 33 heavy (non-hydrogen) atoms. The van der Waals surface area contributed by atoms with Crippen LogP contribution >= 0.6 is 0 Å². The molecule has 11 heteroatoms. The summed E-state index contributed by atoms with van der Waals surface area (Å²) in [5.41, 5.74) is -2.34. The molecule has 2 aliphatic heterocycles. The number of nitrogens with zero attached hydrogens (tertiary/aromatic N) is 1. The molecule has 2 aliphatic rings. The fraction of sp³-hybridized carbons (Fsp3) is 0.364. The van der Waals surface area contributed by atoms with Crippen LogP contribution in [0, 0.1) is 23.3 Å². The van der Waals surface area contributed by atoms with Gasteiger partial charge in [0.15, 0.2) is 17.5 Å². The lowest BCUT2D eigenvalue weighted by molar-refractivity contribution is -0.166. The smallest absolute Gasteiger partial charge is 0.352 e. The number of nitrogens with one attached hydrogen (secondary N) is 1. The maximum absolute atomic E-state index is 15.1. The summed E-state index contributed by atoms with van der Waals surface area (Å²) in [7, 11) is 0. The summed E-state index contributed by atoms with van der Waals surface area (Å²) in [6, 6.07) is 1.71. The molecular weight excluding hydrogens is 454 g/mol. The molecule has 5 nitrogen and oxygen atoms in total. The van der Waals surface area contributed by atoms with Crippen LogP contribution in [0.3, 0.4) is 0 Å². The van der Waals surface area contributed by atoms with Crippen molar-refractivity contribution in [3.05, 3.63) is 64.7 Å². The zero-order chi connectivity index (χ0) is 24.1. The lowest BCUT2D eigenvalue weighted by Gasteiger charge is -2.39. The third-order valence-electron chi connectivity index (χ3n) is 6.02. The number of carbonyl (C=O) groups is 2. The summed E-state index contributed by atoms with van der Waals surface area (Å²) in [5, 5.41) is 11.8. The zero-order valence-corrected chi connectivity index (χ0v) is 16.9. The molecule has 0 aromatic heterocycles. The maximum Gasteiger partial charge on any atom is 0.352 e. The molecule has 2 N–H and O–H groups in total. The molecule has 0 saturated carbocycles. The normalized spacial score (nSPS) is 22.4. The number of aliphatic hydroxyl groups is 1. The van der Waals surface area contributed by atoms with Gasteiger partial charge in [0, 0.05) is 35.5 Å². The van der Waals surface area contributed by atoms with Crippen LogP contribution in [0.15, 0.2) is 30.3 Å². The van der Waals surface area contributed by atoms with Crippen LogP contribution in [0.2, 0.25) is 0 Å². The van der Waals surface area contributed by atoms with E-state index in [2.05, 4.69) is 0 Å². The Bertz CT molecular complexity index is 1090. The van der Waals surface area contributed by atoms with Crippen molar-refractivity contribution >= 4 is 17.5 Å². The van der Waals surface area contributed by atoms with Crippen LogP contribution in [-0.4, -0.2) is 40.0 Å². The van der Waals surface area contributed by atoms with Gasteiger partial charge in [-0.05, 0) is 43.9 Å². The zero-order valence-electron chi connectivity index (χ0n) is 16.9. The number of alkyl halides is 2. The average molecular weight is 472 g/mol. The number of hydrogen-bond donors (Lipinski definition) is 2. The number of anilines is 1. The average Bonchev–Trinajstić information content (AvgIpc) is 3.02. The van der Waals surface area contributed by atoms with Crippen molar-refractivity contribution in [1.29, 1.82) is 0 Å². The first kappa shape index (κ1) is 23.1. The number of rotatable bonds is 4. The third kappa shape index (κ3) is 4.17. The van der Waals surface area contributed by atoms with Gasteiger partial charge in [-0.15, -0.1) is 0 Å². The minimum absolute atomic E-state index is 0.147. The van der Waals surface area contributed by atoms with Crippen LogP contribution in [-0.2, 0) is 10.7 Å². The molecule has 2 fully saturated rings. The highest BCUT2D eigenvalue weighted by Gasteiger charge is 2.53. The number of hydrogen-bond acceptors (Lipinski definition) is 3. The predicted molar refractivity (Wildman–Crippen MR) is 103 cm³/mol. The molecule has 0 spiro atoms. The summed E-state index contributed by atoms with van der Waals surface area (Å²) < 4.78 is 84.4. The first-order chi connectivity index (χ1) is 15.5. The number of aliphatic hydroxyl groups excluding tert-OH is 1. The van der Waals surface area contributed by atoms with E-state index >= 15 is 8.78 Å². The number of halogens is 6. The summed E-state index contributed by atoms with van der Waals surface area (Å²) in [4.78, 5) is 26.1. The number of amides is 2. The van der Waals surface area contributed by atoms with Gasteiger partial charge in [-0.3, -0.25) is 9.59 Å². The van der Waals surface area contributed by atoms with Crippen molar-refractivity contribution in [2.24, 2.45) is 0 Å². The third-order valence-corrected chi connectivity index (χ3v) is 6.02. The fourth-order valence-electron chi connectivity index (χ4n) is 4.50. The molecule has 2 aromatic rings. The van der Waals surface area contributed by atoms with E-state index < -0.39 is 76.0 Å². The molecule has 2 atom stereocenters. The van der Waals surface area contributed by atoms with Gasteiger partial charge >= 0.3 is 5.92 Å². The maximum atomic E-state index is 15.1. The molecule has 2 unspecified atom stereocenters. The number of piperidine rings is 1. The Hall–Kier alpha value is -3.08. The Morgan fingerprint density at radius 2 is 1.52 bits per heavy atom. The number of benzene rings is 2. The van der Waals surface area contributed by atoms with Crippen molar-refractivity contribution in [2.75, 3.05) is 5.32 Å². The Kier molecular flexibility index (Phi) is 5.85. The van der Waals surface area contributed by atoms with Crippen molar-refractivity contribution in [2.45, 2.75) is 49.8 Å². The van der Waals surface area contributed by atoms with Crippen LogP contribution in [0.25, 0.3) is 0 Å². The monoisotopic (exact) mass is 472 g/mol. The van der Waals surface area contributed by atoms with E-state index in [0.29, 0.717) is 37.1 Å². The number of fused-ring (bicyclic) bond motifs is 2. The van der Waals surface area contributed by atoms with Crippen LogP contribution < -0.4 is 5.32 Å². The van der Waals surface area contributed by atoms with E-state index in [1.807, 2.05) is 5.32 Å². The van der Waals surface area contributed by atoms with Gasteiger partial charge in [0.1, 0.15) is 5.82 Å². The van der Waals surface area contributed by atoms with Crippen LogP contribution in [0.1, 0.15) is 41.6 Å². The quantitative estimate of drug-likeness (QED) is 0.520. The molecule has 2 heterocycles. The first-order valence-electron chi connectivity index (χ1n) is 10.1. The molecule has 0 aliphatic carbocycles. The molecular formula is C22H18F6N2O3. The lowest BCUT2D eigenvalue weighted by Crippen LogP contribution is -2.53. The first-order valence-corrected chi connectivity index (χ1v) is 10.1. The minimum Gasteiger partial charge on any atom is -0.393 e. The van der Waals surface area contributed by atoms with Gasteiger partial charge in [0.05, 0.1) is 11.7 Å². The van der Waals surface area contributed by atoms with Gasteiger partial charge in [-0.25, -0.2) is 17.6 Å². The van der Waals surface area contributed by atoms with E-state index in [1.54, 1.807) is 0 Å². The van der Waals surface area contributed by atoms with Gasteiger partial charge < -0.3 is 15.3 Å². The summed E-state index contributed by atoms with van der Waals surface area (Å²) in [6.45, 7) is 0. The Labute approximate surface area is 184 Å². The van der Waals surface area contributed by atoms with E-state index in [0.717, 1.165) is 11.0 Å². The van der Waals surface area contributed by atoms with E-state index in [-0.39, 0.29) is 12.8 Å². The van der Waals surface area contributed by atoms with Gasteiger partial charge in [0.25, 0.3) is 11.8 Å². The second-order valence-electron chi connectivity index (χ2n) is 8.20. The SMILES string of the molecule is O=C(Nc1cc(F)c(F)c(F)c1)c1ccc(F)c(C(F)(F)C(=O)N2C3CCC2CC(O)C3)c1. The van der Waals surface area contributed by atoms with E-state index in [1.165, 1.54) is 0 Å². The molecule has 2 bridgehead atoms. The molecule has 2 aromatic carbocycles. The topological polar surface area (TPSA) is 69.6 Å². The Morgan fingerprint density at radius 3 is 2.09 bits per heavy atom. The largest absolute Gasteiger partial charge is 0.393 e. The Morgan fingerprint density at radius 1 is 0.939 bits per heavy atom. The van der Waals surface area contributed by atoms with Crippen molar-refractivity contribution < 1.29 is 41.0 Å². The summed E-state index contributed by atoms with van der Waals surface area (Å²) in [6.07, 6.45) is 0.478. The predicted octanol–water partition coefficient (Wildman–Crippen LogP) is 4.10. The molecule has 2 saturated heterocycles. The van der Waals surface area contributed by atoms with E-state index in [4.69, 9.17) is 0 Å². The molecule has 4 rings (SSSR count). The highest BCUT2D eigenvalue weighted by Crippen LogP contribution is 2.41. The summed E-state index contributed by atoms with van der Waals surface area (Å²) in [5.74, 6) is -13.4. The standard InChI is InChI=1S/C22H18F6N2O3/c23-16-4-1-10(20(32)29-11-6-17(24)19(26)18(25)7-11)5-15(16)22(27,28)21(33)30-12-2-3-13(30)9-14(31)8-12/h1,4-7,12-14,31H,2-3,8-9H2,(H,29,32). The van der Waals surface area contributed by atoms with Gasteiger partial charge in [0.2, 0.25) is 0 Å². The summed E-state index contributed by atoms with van der Waals surface area (Å²) >= 11 is 0. The highest BCUT2D eigenvalue weighted by atomic mass is 19.3. The van der Waals surface area contributed by atoms with Crippen LogP contribution in [0.4, 0.5) is 32.0 Å². The Balaban J connectivity index is 1.60. The lowest BCUT2D eigenvalue weighted by atomic mass is 9.96. The molecule has 2 amide bonds. The van der Waals surface area contributed by atoms with Gasteiger partial charge in [-0.1, -0.05) is 0 Å².